The van der Waals surface area contributed by atoms with Crippen molar-refractivity contribution in [1.29, 1.82) is 0 Å². The Kier molecular flexibility index (Phi) is 4.06. The summed E-state index contributed by atoms with van der Waals surface area (Å²) in [5, 5.41) is 0. The van der Waals surface area contributed by atoms with Gasteiger partial charge in [-0.15, -0.1) is 0 Å². The van der Waals surface area contributed by atoms with Crippen molar-refractivity contribution in [3.63, 3.8) is 0 Å². The molecule has 0 radical (unpaired) electrons. The minimum atomic E-state index is -0.0780. The fourth-order valence-electron chi connectivity index (χ4n) is 1.75. The third kappa shape index (κ3) is 2.70. The first-order valence-corrected chi connectivity index (χ1v) is 6.46. The third-order valence-corrected chi connectivity index (χ3v) is 3.07. The summed E-state index contributed by atoms with van der Waals surface area (Å²) in [7, 11) is 0. The summed E-state index contributed by atoms with van der Waals surface area (Å²) in [6, 6.07) is 1.72. The van der Waals surface area contributed by atoms with Gasteiger partial charge in [0, 0.05) is 31.7 Å². The number of H-pyrrole nitrogens is 1. The van der Waals surface area contributed by atoms with Crippen molar-refractivity contribution in [3.8, 4) is 5.95 Å². The number of aromatic amines is 1. The predicted octanol–water partition coefficient (Wildman–Crippen LogP) is 1.81. The van der Waals surface area contributed by atoms with Crippen LogP contribution in [0.15, 0.2) is 24.7 Å². The molecule has 2 rings (SSSR count). The maximum absolute atomic E-state index is 12.2. The van der Waals surface area contributed by atoms with E-state index in [1.807, 2.05) is 13.8 Å². The fraction of sp³-hybridized carbons (Fsp3) is 0.333. The molecular formula is C12H15N5OS. The monoisotopic (exact) mass is 277 g/mol. The molecule has 0 atom stereocenters. The van der Waals surface area contributed by atoms with Crippen molar-refractivity contribution in [3.05, 3.63) is 35.1 Å². The van der Waals surface area contributed by atoms with Crippen molar-refractivity contribution in [1.82, 2.24) is 24.4 Å². The van der Waals surface area contributed by atoms with E-state index in [1.165, 1.54) is 0 Å². The van der Waals surface area contributed by atoms with E-state index in [0.717, 1.165) is 0 Å². The number of imidazole rings is 1. The number of hydrogen-bond acceptors (Lipinski definition) is 4. The van der Waals surface area contributed by atoms with Gasteiger partial charge in [0.05, 0.1) is 0 Å². The molecule has 0 aliphatic heterocycles. The number of aromatic nitrogens is 4. The number of hydrogen-bond donors (Lipinski definition) is 1. The highest BCUT2D eigenvalue weighted by atomic mass is 32.1. The number of nitrogens with one attached hydrogen (secondary N) is 1. The Morgan fingerprint density at radius 1 is 1.37 bits per heavy atom. The van der Waals surface area contributed by atoms with Crippen LogP contribution in [-0.2, 0) is 0 Å². The fourth-order valence-corrected chi connectivity index (χ4v) is 1.99. The minimum Gasteiger partial charge on any atom is -0.338 e. The zero-order chi connectivity index (χ0) is 13.8. The smallest absolute Gasteiger partial charge is 0.271 e. The largest absolute Gasteiger partial charge is 0.338 e. The Labute approximate surface area is 116 Å². The van der Waals surface area contributed by atoms with E-state index >= 15 is 0 Å². The van der Waals surface area contributed by atoms with Gasteiger partial charge in [-0.2, -0.15) is 0 Å². The number of carbonyl (C=O) groups is 1. The van der Waals surface area contributed by atoms with Gasteiger partial charge in [0.25, 0.3) is 5.91 Å². The van der Waals surface area contributed by atoms with Crippen LogP contribution in [-0.4, -0.2) is 43.4 Å². The van der Waals surface area contributed by atoms with Gasteiger partial charge in [0.1, 0.15) is 5.69 Å². The number of nitrogens with zero attached hydrogens (tertiary/aromatic N) is 4. The molecule has 0 unspecified atom stereocenters. The van der Waals surface area contributed by atoms with E-state index in [4.69, 9.17) is 12.2 Å². The molecule has 0 spiro atoms. The van der Waals surface area contributed by atoms with Crippen molar-refractivity contribution in [2.75, 3.05) is 13.1 Å². The summed E-state index contributed by atoms with van der Waals surface area (Å²) in [6.45, 7) is 5.19. The molecule has 2 aromatic rings. The maximum Gasteiger partial charge on any atom is 0.271 e. The average molecular weight is 277 g/mol. The standard InChI is InChI=1S/C12H15N5OS/c1-3-16(4-2)10(18)9-8-17(12(19)15-9)11-13-6-5-7-14-11/h5-8H,3-4H2,1-2H3,(H,15,19). The van der Waals surface area contributed by atoms with Crippen LogP contribution in [0.25, 0.3) is 5.95 Å². The zero-order valence-electron chi connectivity index (χ0n) is 10.8. The van der Waals surface area contributed by atoms with E-state index in [0.29, 0.717) is 29.5 Å². The Morgan fingerprint density at radius 2 is 2.00 bits per heavy atom. The molecule has 0 bridgehead atoms. The second-order valence-corrected chi connectivity index (χ2v) is 4.26. The van der Waals surface area contributed by atoms with Crippen LogP contribution in [0.1, 0.15) is 24.3 Å². The second-order valence-electron chi connectivity index (χ2n) is 3.87. The summed E-state index contributed by atoms with van der Waals surface area (Å²) in [4.78, 5) is 25.0. The molecule has 100 valence electrons. The predicted molar refractivity (Wildman–Crippen MR) is 73.8 cm³/mol. The van der Waals surface area contributed by atoms with E-state index in [2.05, 4.69) is 15.0 Å². The van der Waals surface area contributed by atoms with Crippen LogP contribution in [0.5, 0.6) is 0 Å². The van der Waals surface area contributed by atoms with Gasteiger partial charge in [0.15, 0.2) is 4.77 Å². The Balaban J connectivity index is 2.37. The SMILES string of the molecule is CCN(CC)C(=O)c1cn(-c2ncccn2)c(=S)[nH]1. The lowest BCUT2D eigenvalue weighted by Crippen LogP contribution is -2.30. The first-order chi connectivity index (χ1) is 9.17. The van der Waals surface area contributed by atoms with Crippen LogP contribution in [0.3, 0.4) is 0 Å². The van der Waals surface area contributed by atoms with Crippen molar-refractivity contribution < 1.29 is 4.79 Å². The van der Waals surface area contributed by atoms with E-state index in [1.54, 1.807) is 34.1 Å². The van der Waals surface area contributed by atoms with Crippen LogP contribution in [0.4, 0.5) is 0 Å². The first kappa shape index (κ1) is 13.4. The van der Waals surface area contributed by atoms with Crippen LogP contribution < -0.4 is 0 Å². The van der Waals surface area contributed by atoms with Gasteiger partial charge >= 0.3 is 0 Å². The molecule has 1 amide bonds. The molecule has 0 saturated carbocycles. The van der Waals surface area contributed by atoms with E-state index < -0.39 is 0 Å². The van der Waals surface area contributed by atoms with Crippen LogP contribution in [0, 0.1) is 4.77 Å². The summed E-state index contributed by atoms with van der Waals surface area (Å²) in [5.41, 5.74) is 0.446. The van der Waals surface area contributed by atoms with Crippen molar-refractivity contribution in [2.24, 2.45) is 0 Å². The van der Waals surface area contributed by atoms with Gasteiger partial charge < -0.3 is 9.88 Å². The van der Waals surface area contributed by atoms with Gasteiger partial charge in [0.2, 0.25) is 5.95 Å². The number of amides is 1. The quantitative estimate of drug-likeness (QED) is 0.865. The summed E-state index contributed by atoms with van der Waals surface area (Å²) in [5.74, 6) is 0.369. The topological polar surface area (TPSA) is 66.8 Å². The summed E-state index contributed by atoms with van der Waals surface area (Å²) < 4.78 is 1.99. The highest BCUT2D eigenvalue weighted by Gasteiger charge is 2.16. The first-order valence-electron chi connectivity index (χ1n) is 6.05. The van der Waals surface area contributed by atoms with Crippen LogP contribution >= 0.6 is 12.2 Å². The second kappa shape index (κ2) is 5.75. The third-order valence-electron chi connectivity index (χ3n) is 2.77. The van der Waals surface area contributed by atoms with Crippen molar-refractivity contribution >= 4 is 18.1 Å². The van der Waals surface area contributed by atoms with Gasteiger partial charge in [-0.3, -0.25) is 9.36 Å². The molecule has 1 N–H and O–H groups in total. The molecule has 0 aromatic carbocycles. The zero-order valence-corrected chi connectivity index (χ0v) is 11.6. The summed E-state index contributed by atoms with van der Waals surface area (Å²) in [6.07, 6.45) is 4.89. The Morgan fingerprint density at radius 3 is 2.58 bits per heavy atom. The Bertz CT molecular complexity index is 615. The minimum absolute atomic E-state index is 0.0780. The summed E-state index contributed by atoms with van der Waals surface area (Å²) >= 11 is 5.19. The maximum atomic E-state index is 12.2. The highest BCUT2D eigenvalue weighted by molar-refractivity contribution is 7.71. The highest BCUT2D eigenvalue weighted by Crippen LogP contribution is 2.07. The van der Waals surface area contributed by atoms with E-state index in [9.17, 15) is 4.79 Å². The molecule has 7 heteroatoms. The van der Waals surface area contributed by atoms with Crippen LogP contribution in [0.2, 0.25) is 0 Å². The average Bonchev–Trinajstić information content (AvgIpc) is 2.83. The molecule has 0 aliphatic carbocycles. The van der Waals surface area contributed by atoms with Gasteiger partial charge in [-0.1, -0.05) is 0 Å². The molecule has 2 heterocycles. The lowest BCUT2D eigenvalue weighted by molar-refractivity contribution is 0.0767. The van der Waals surface area contributed by atoms with Gasteiger partial charge in [-0.25, -0.2) is 9.97 Å². The Hall–Kier alpha value is -2.02. The lowest BCUT2D eigenvalue weighted by Gasteiger charge is -2.16. The normalized spacial score (nSPS) is 10.4. The molecule has 6 nitrogen and oxygen atoms in total. The van der Waals surface area contributed by atoms with Crippen molar-refractivity contribution in [2.45, 2.75) is 13.8 Å². The van der Waals surface area contributed by atoms with E-state index in [-0.39, 0.29) is 5.91 Å². The molecule has 0 aliphatic rings. The molecular weight excluding hydrogens is 262 g/mol. The number of carbonyl (C=O) groups excluding carboxylic acids is 1. The molecule has 0 fully saturated rings. The molecule has 19 heavy (non-hydrogen) atoms. The lowest BCUT2D eigenvalue weighted by atomic mass is 10.4. The number of rotatable bonds is 4. The molecule has 0 saturated heterocycles. The van der Waals surface area contributed by atoms with Gasteiger partial charge in [-0.05, 0) is 32.1 Å². The molecule has 2 aromatic heterocycles.